The van der Waals surface area contributed by atoms with Crippen LogP contribution in [0.2, 0.25) is 0 Å². The minimum absolute atomic E-state index is 0.0948. The van der Waals surface area contributed by atoms with Crippen molar-refractivity contribution in [3.8, 4) is 5.75 Å². The smallest absolute Gasteiger partial charge is 0.245 e. The van der Waals surface area contributed by atoms with E-state index < -0.39 is 22.3 Å². The van der Waals surface area contributed by atoms with Crippen LogP contribution in [-0.2, 0) is 10.0 Å². The lowest BCUT2D eigenvalue weighted by molar-refractivity contribution is -0.0220. The van der Waals surface area contributed by atoms with Crippen molar-refractivity contribution in [3.05, 3.63) is 53.8 Å². The molecule has 2 aromatic carbocycles. The minimum atomic E-state index is -3.77. The standard InChI is InChI=1S/C21H26FN3O4S/c1-3-25-21(20(26)19-17(29-2)5-4-6-18(19)30(25,27)28)24-13-11-23(12-14-24)16-9-7-15(22)8-10-16/h4-10,20-21,26H,3,11-14H2,1-2H3. The second-order valence-electron chi connectivity index (χ2n) is 7.44. The number of hydrogen-bond acceptors (Lipinski definition) is 6. The number of methoxy groups -OCH3 is 1. The molecule has 7 nitrogen and oxygen atoms in total. The summed E-state index contributed by atoms with van der Waals surface area (Å²) in [4.78, 5) is 4.23. The van der Waals surface area contributed by atoms with Gasteiger partial charge in [-0.15, -0.1) is 0 Å². The number of benzene rings is 2. The van der Waals surface area contributed by atoms with E-state index in [1.54, 1.807) is 31.2 Å². The van der Waals surface area contributed by atoms with Crippen molar-refractivity contribution >= 4 is 15.7 Å². The van der Waals surface area contributed by atoms with E-state index >= 15 is 0 Å². The molecule has 9 heteroatoms. The summed E-state index contributed by atoms with van der Waals surface area (Å²) in [5, 5.41) is 11.2. The van der Waals surface area contributed by atoms with Gasteiger partial charge in [-0.1, -0.05) is 13.0 Å². The summed E-state index contributed by atoms with van der Waals surface area (Å²) >= 11 is 0. The zero-order valence-electron chi connectivity index (χ0n) is 17.0. The Kier molecular flexibility index (Phi) is 5.71. The van der Waals surface area contributed by atoms with Crippen LogP contribution in [0, 0.1) is 5.82 Å². The van der Waals surface area contributed by atoms with Crippen molar-refractivity contribution in [2.75, 3.05) is 44.7 Å². The van der Waals surface area contributed by atoms with Crippen LogP contribution >= 0.6 is 0 Å². The van der Waals surface area contributed by atoms with Crippen molar-refractivity contribution in [2.45, 2.75) is 24.1 Å². The van der Waals surface area contributed by atoms with Crippen molar-refractivity contribution in [2.24, 2.45) is 0 Å². The van der Waals surface area contributed by atoms with E-state index in [4.69, 9.17) is 4.74 Å². The van der Waals surface area contributed by atoms with Gasteiger partial charge in [-0.2, -0.15) is 4.31 Å². The number of hydrogen-bond donors (Lipinski definition) is 1. The molecular formula is C21H26FN3O4S. The summed E-state index contributed by atoms with van der Waals surface area (Å²) in [6.07, 6.45) is -1.74. The van der Waals surface area contributed by atoms with Crippen LogP contribution in [-0.4, -0.2) is 68.7 Å². The van der Waals surface area contributed by atoms with E-state index in [1.165, 1.54) is 29.6 Å². The number of piperazine rings is 1. The fourth-order valence-electron chi connectivity index (χ4n) is 4.43. The SMILES string of the molecule is CCN1C(N2CCN(c3ccc(F)cc3)CC2)C(O)c2c(OC)cccc2S1(=O)=O. The van der Waals surface area contributed by atoms with Gasteiger partial charge in [-0.3, -0.25) is 4.90 Å². The van der Waals surface area contributed by atoms with Gasteiger partial charge >= 0.3 is 0 Å². The lowest BCUT2D eigenvalue weighted by Gasteiger charge is -2.47. The van der Waals surface area contributed by atoms with Gasteiger partial charge in [-0.05, 0) is 36.4 Å². The van der Waals surface area contributed by atoms with E-state index in [1.807, 2.05) is 4.90 Å². The molecule has 30 heavy (non-hydrogen) atoms. The molecule has 2 aliphatic heterocycles. The van der Waals surface area contributed by atoms with Crippen LogP contribution in [0.3, 0.4) is 0 Å². The first kappa shape index (κ1) is 21.0. The van der Waals surface area contributed by atoms with Crippen LogP contribution in [0.5, 0.6) is 5.75 Å². The molecule has 4 rings (SSSR count). The first-order valence-electron chi connectivity index (χ1n) is 10.00. The van der Waals surface area contributed by atoms with Crippen molar-refractivity contribution in [1.29, 1.82) is 0 Å². The predicted molar refractivity (Wildman–Crippen MR) is 111 cm³/mol. The van der Waals surface area contributed by atoms with Gasteiger partial charge in [0.15, 0.2) is 0 Å². The van der Waals surface area contributed by atoms with E-state index in [0.29, 0.717) is 37.5 Å². The molecule has 0 aliphatic carbocycles. The second kappa shape index (κ2) is 8.14. The van der Waals surface area contributed by atoms with Gasteiger partial charge in [0.1, 0.15) is 23.8 Å². The number of likely N-dealkylation sites (N-methyl/N-ethyl adjacent to an activating group) is 1. The molecule has 162 valence electrons. The third kappa shape index (κ3) is 3.45. The third-order valence-corrected chi connectivity index (χ3v) is 7.90. The number of nitrogens with zero attached hydrogens (tertiary/aromatic N) is 3. The summed E-state index contributed by atoms with van der Waals surface area (Å²) in [5.74, 6) is 0.0911. The maximum atomic E-state index is 13.3. The van der Waals surface area contributed by atoms with Gasteiger partial charge in [0, 0.05) is 44.0 Å². The fourth-order valence-corrected chi connectivity index (χ4v) is 6.30. The fraction of sp³-hybridized carbons (Fsp3) is 0.429. The minimum Gasteiger partial charge on any atom is -0.496 e. The Morgan fingerprint density at radius 3 is 2.37 bits per heavy atom. The molecule has 2 unspecified atom stereocenters. The molecule has 2 heterocycles. The molecule has 0 amide bonds. The van der Waals surface area contributed by atoms with Gasteiger partial charge < -0.3 is 14.7 Å². The van der Waals surface area contributed by atoms with Crippen molar-refractivity contribution < 1.29 is 22.7 Å². The monoisotopic (exact) mass is 435 g/mol. The molecule has 0 aromatic heterocycles. The van der Waals surface area contributed by atoms with E-state index in [0.717, 1.165) is 5.69 Å². The normalized spacial score (nSPS) is 24.5. The van der Waals surface area contributed by atoms with Gasteiger partial charge in [0.25, 0.3) is 0 Å². The number of anilines is 1. The molecule has 1 saturated heterocycles. The predicted octanol–water partition coefficient (Wildman–Crippen LogP) is 2.04. The molecule has 1 N–H and O–H groups in total. The van der Waals surface area contributed by atoms with Crippen LogP contribution < -0.4 is 9.64 Å². The summed E-state index contributed by atoms with van der Waals surface area (Å²) in [7, 11) is -2.30. The maximum Gasteiger partial charge on any atom is 0.245 e. The van der Waals surface area contributed by atoms with Gasteiger partial charge in [0.05, 0.1) is 12.0 Å². The molecule has 0 saturated carbocycles. The Hall–Kier alpha value is -2.20. The number of halogens is 1. The second-order valence-corrected chi connectivity index (χ2v) is 9.30. The Morgan fingerprint density at radius 2 is 1.77 bits per heavy atom. The highest BCUT2D eigenvalue weighted by molar-refractivity contribution is 7.89. The average Bonchev–Trinajstić information content (AvgIpc) is 2.76. The van der Waals surface area contributed by atoms with Crippen LogP contribution in [0.1, 0.15) is 18.6 Å². The number of rotatable bonds is 4. The number of aliphatic hydroxyl groups is 1. The number of aliphatic hydroxyl groups excluding tert-OH is 1. The molecule has 1 fully saturated rings. The van der Waals surface area contributed by atoms with E-state index in [2.05, 4.69) is 4.90 Å². The first-order valence-corrected chi connectivity index (χ1v) is 11.4. The molecule has 2 atom stereocenters. The van der Waals surface area contributed by atoms with Crippen LogP contribution in [0.25, 0.3) is 0 Å². The molecule has 2 aromatic rings. The molecular weight excluding hydrogens is 409 g/mol. The summed E-state index contributed by atoms with van der Waals surface area (Å²) < 4.78 is 46.6. The highest BCUT2D eigenvalue weighted by Crippen LogP contribution is 2.42. The van der Waals surface area contributed by atoms with E-state index in [-0.39, 0.29) is 17.3 Å². The molecule has 0 radical (unpaired) electrons. The van der Waals surface area contributed by atoms with Gasteiger partial charge in [-0.25, -0.2) is 12.8 Å². The lowest BCUT2D eigenvalue weighted by atomic mass is 10.0. The molecule has 0 spiro atoms. The lowest BCUT2D eigenvalue weighted by Crippen LogP contribution is -2.61. The first-order chi connectivity index (χ1) is 14.4. The Labute approximate surface area is 176 Å². The molecule has 2 aliphatic rings. The van der Waals surface area contributed by atoms with E-state index in [9.17, 15) is 17.9 Å². The largest absolute Gasteiger partial charge is 0.496 e. The van der Waals surface area contributed by atoms with Gasteiger partial charge in [0.2, 0.25) is 10.0 Å². The summed E-state index contributed by atoms with van der Waals surface area (Å²) in [6.45, 7) is 4.44. The zero-order valence-corrected chi connectivity index (χ0v) is 17.8. The quantitative estimate of drug-likeness (QED) is 0.793. The highest BCUT2D eigenvalue weighted by Gasteiger charge is 2.47. The highest BCUT2D eigenvalue weighted by atomic mass is 32.2. The maximum absolute atomic E-state index is 13.3. The summed E-state index contributed by atoms with van der Waals surface area (Å²) in [5.41, 5.74) is 1.24. The molecule has 0 bridgehead atoms. The number of fused-ring (bicyclic) bond motifs is 1. The topological polar surface area (TPSA) is 73.3 Å². The zero-order chi connectivity index (χ0) is 21.5. The Morgan fingerprint density at radius 1 is 1.10 bits per heavy atom. The summed E-state index contributed by atoms with van der Waals surface area (Å²) in [6, 6.07) is 11.2. The Balaban J connectivity index is 1.63. The Bertz CT molecular complexity index is 1010. The number of sulfonamides is 1. The van der Waals surface area contributed by atoms with Crippen LogP contribution in [0.15, 0.2) is 47.4 Å². The average molecular weight is 436 g/mol. The third-order valence-electron chi connectivity index (χ3n) is 5.90. The van der Waals surface area contributed by atoms with Crippen LogP contribution in [0.4, 0.5) is 10.1 Å². The van der Waals surface area contributed by atoms with Crippen molar-refractivity contribution in [3.63, 3.8) is 0 Å². The number of ether oxygens (including phenoxy) is 1. The van der Waals surface area contributed by atoms with Crippen molar-refractivity contribution in [1.82, 2.24) is 9.21 Å².